The maximum absolute atomic E-state index is 9.60. The van der Waals surface area contributed by atoms with Crippen molar-refractivity contribution in [1.29, 1.82) is 0 Å². The summed E-state index contributed by atoms with van der Waals surface area (Å²) in [5.74, 6) is 1.65. The van der Waals surface area contributed by atoms with E-state index in [-0.39, 0.29) is 45.3 Å². The van der Waals surface area contributed by atoms with Crippen LogP contribution in [0, 0.1) is 32.1 Å². The third-order valence-corrected chi connectivity index (χ3v) is 11.0. The summed E-state index contributed by atoms with van der Waals surface area (Å²) in [6.07, 6.45) is 21.0. The van der Waals surface area contributed by atoms with Crippen molar-refractivity contribution in [3.8, 4) is 0 Å². The zero-order chi connectivity index (χ0) is 25.9. The van der Waals surface area contributed by atoms with Gasteiger partial charge in [0, 0.05) is 6.61 Å². The fraction of sp³-hybridized carbons (Fsp3) is 0.714. The van der Waals surface area contributed by atoms with Crippen LogP contribution in [0.5, 0.6) is 0 Å². The number of hydrogen-bond acceptors (Lipinski definition) is 1. The van der Waals surface area contributed by atoms with Crippen LogP contribution >= 0.6 is 7.92 Å². The summed E-state index contributed by atoms with van der Waals surface area (Å²) in [4.78, 5) is 0. The molecule has 0 aliphatic heterocycles. The van der Waals surface area contributed by atoms with E-state index >= 15 is 0 Å². The Kier molecular flexibility index (Phi) is 20.9. The molecule has 3 rings (SSSR count). The predicted molar refractivity (Wildman–Crippen MR) is 172 cm³/mol. The molecule has 3 unspecified atom stereocenters. The predicted octanol–water partition coefficient (Wildman–Crippen LogP) is 10.5. The van der Waals surface area contributed by atoms with Gasteiger partial charge >= 0.3 is 17.1 Å². The third kappa shape index (κ3) is 14.5. The van der Waals surface area contributed by atoms with E-state index in [0.29, 0.717) is 12.0 Å². The summed E-state index contributed by atoms with van der Waals surface area (Å²) in [6.45, 7) is 16.6. The Morgan fingerprint density at radius 3 is 1.84 bits per heavy atom. The van der Waals surface area contributed by atoms with Crippen molar-refractivity contribution in [3.63, 3.8) is 0 Å². The fourth-order valence-corrected chi connectivity index (χ4v) is 8.91. The molecule has 0 spiro atoms. The van der Waals surface area contributed by atoms with Gasteiger partial charge in [-0.3, -0.25) is 0 Å². The van der Waals surface area contributed by atoms with E-state index in [1.807, 2.05) is 0 Å². The average molecular weight is 587 g/mol. The quantitative estimate of drug-likeness (QED) is 0.132. The summed E-state index contributed by atoms with van der Waals surface area (Å²) < 4.78 is 0. The molecule has 3 heteroatoms. The topological polar surface area (TPSA) is 20.2 Å². The van der Waals surface area contributed by atoms with E-state index < -0.39 is 0 Å². The first kappa shape index (κ1) is 40.0. The molecule has 2 aliphatic rings. The molecule has 0 saturated heterocycles. The van der Waals surface area contributed by atoms with Gasteiger partial charge in [-0.2, -0.15) is 0 Å². The molecule has 1 N–H and O–H groups in total. The second kappa shape index (κ2) is 19.9. The molecule has 1 nitrogen and oxygen atoms in total. The summed E-state index contributed by atoms with van der Waals surface area (Å²) in [7, 11) is -0.262. The van der Waals surface area contributed by atoms with Crippen molar-refractivity contribution in [3.05, 3.63) is 56.8 Å². The number of rotatable bonds is 9. The van der Waals surface area contributed by atoms with Crippen molar-refractivity contribution in [2.45, 2.75) is 130 Å². The van der Waals surface area contributed by atoms with Crippen LogP contribution in [0.2, 0.25) is 0 Å². The molecule has 0 heterocycles. The van der Waals surface area contributed by atoms with Crippen LogP contribution in [0.4, 0.5) is 0 Å². The number of hydrogen-bond donors (Lipinski definition) is 1. The van der Waals surface area contributed by atoms with Crippen molar-refractivity contribution in [1.82, 2.24) is 0 Å². The SMILES string of the molecule is C1CCCC1.CC1CCCC1[C@@H](CCCO)P(C/C=C\CC(C)(C)C)c1ccc(C(C)(C)C)cc1.[CH3-].[CH3-].[Fe+2]. The Morgan fingerprint density at radius 1 is 0.868 bits per heavy atom. The second-order valence-corrected chi connectivity index (χ2v) is 15.9. The smallest absolute Gasteiger partial charge is 0.396 e. The largest absolute Gasteiger partial charge is 2.00 e. The van der Waals surface area contributed by atoms with Gasteiger partial charge in [-0.1, -0.05) is 138 Å². The van der Waals surface area contributed by atoms with E-state index in [4.69, 9.17) is 0 Å². The van der Waals surface area contributed by atoms with Gasteiger partial charge in [0.25, 0.3) is 0 Å². The van der Waals surface area contributed by atoms with Crippen LogP contribution in [-0.2, 0) is 22.5 Å². The molecule has 2 aliphatic carbocycles. The van der Waals surface area contributed by atoms with Crippen molar-refractivity contribution in [2.24, 2.45) is 17.3 Å². The van der Waals surface area contributed by atoms with Crippen LogP contribution in [0.25, 0.3) is 0 Å². The minimum Gasteiger partial charge on any atom is -0.396 e. The van der Waals surface area contributed by atoms with Crippen molar-refractivity contribution < 1.29 is 22.2 Å². The molecule has 2 fully saturated rings. The summed E-state index contributed by atoms with van der Waals surface area (Å²) in [5.41, 5.74) is 2.70. The number of allylic oxidation sites excluding steroid dienone is 2. The molecule has 0 bridgehead atoms. The molecular formula is C35H63FeOP. The first-order valence-electron chi connectivity index (χ1n) is 14.7. The third-order valence-electron chi connectivity index (χ3n) is 7.99. The van der Waals surface area contributed by atoms with E-state index in [0.717, 1.165) is 30.3 Å². The maximum Gasteiger partial charge on any atom is 2.00 e. The molecule has 0 aromatic heterocycles. The fourth-order valence-electron chi connectivity index (χ4n) is 5.74. The Balaban J connectivity index is 0. The maximum atomic E-state index is 9.60. The van der Waals surface area contributed by atoms with Gasteiger partial charge in [-0.15, -0.1) is 0 Å². The normalized spacial score (nSPS) is 20.9. The van der Waals surface area contributed by atoms with Gasteiger partial charge in [0.05, 0.1) is 0 Å². The van der Waals surface area contributed by atoms with Gasteiger partial charge in [-0.25, -0.2) is 0 Å². The van der Waals surface area contributed by atoms with E-state index in [1.54, 1.807) is 5.30 Å². The zero-order valence-corrected chi connectivity index (χ0v) is 28.6. The standard InChI is InChI=1S/C28H47OP.C5H10.2CH3.Fe/c1-22-12-10-13-25(22)26(14-11-20-29)30(21-9-8-19-27(2,3)4)24-17-15-23(16-18-24)28(5,6)7;1-2-4-5-3-1;;;/h8-9,15-18,22,25-26,29H,10-14,19-21H2,1-7H3;1-5H2;2*1H3;/q;;2*-1;+2/b9-8-;;;;/t22?,25?,26-,30?;;;;/m1..../s1. The first-order valence-corrected chi connectivity index (χ1v) is 16.3. The summed E-state index contributed by atoms with van der Waals surface area (Å²) in [6, 6.07) is 9.58. The van der Waals surface area contributed by atoms with Crippen LogP contribution in [0.3, 0.4) is 0 Å². The molecule has 1 aromatic carbocycles. The second-order valence-electron chi connectivity index (χ2n) is 13.5. The number of aliphatic hydroxyl groups excluding tert-OH is 1. The summed E-state index contributed by atoms with van der Waals surface area (Å²) in [5, 5.41) is 11.2. The Bertz CT molecular complexity index is 716. The average Bonchev–Trinajstić information content (AvgIpc) is 3.50. The van der Waals surface area contributed by atoms with E-state index in [2.05, 4.69) is 84.9 Å². The number of aliphatic hydroxyl groups is 1. The molecule has 222 valence electrons. The summed E-state index contributed by atoms with van der Waals surface area (Å²) >= 11 is 0. The van der Waals surface area contributed by atoms with Crippen molar-refractivity contribution >= 4 is 13.2 Å². The van der Waals surface area contributed by atoms with Gasteiger partial charge in [0.15, 0.2) is 0 Å². The van der Waals surface area contributed by atoms with Gasteiger partial charge in [0.2, 0.25) is 0 Å². The first-order chi connectivity index (χ1) is 16.5. The Hall–Kier alpha value is -0.131. The van der Waals surface area contributed by atoms with Gasteiger partial charge in [0.1, 0.15) is 0 Å². The molecule has 0 amide bonds. The molecule has 38 heavy (non-hydrogen) atoms. The van der Waals surface area contributed by atoms with Crippen LogP contribution in [0.1, 0.15) is 125 Å². The molecule has 4 atom stereocenters. The molecule has 2 saturated carbocycles. The van der Waals surface area contributed by atoms with E-state index in [1.165, 1.54) is 69.5 Å². The van der Waals surface area contributed by atoms with Crippen LogP contribution < -0.4 is 5.30 Å². The molecule has 1 aromatic rings. The minimum absolute atomic E-state index is 0. The van der Waals surface area contributed by atoms with Crippen LogP contribution in [0.15, 0.2) is 36.4 Å². The zero-order valence-electron chi connectivity index (χ0n) is 26.6. The van der Waals surface area contributed by atoms with Crippen LogP contribution in [-0.4, -0.2) is 23.5 Å². The molecule has 0 radical (unpaired) electrons. The van der Waals surface area contributed by atoms with Gasteiger partial charge in [-0.05, 0) is 71.0 Å². The van der Waals surface area contributed by atoms with Crippen molar-refractivity contribution in [2.75, 3.05) is 12.8 Å². The minimum atomic E-state index is -0.262. The molecular weight excluding hydrogens is 523 g/mol. The van der Waals surface area contributed by atoms with E-state index in [9.17, 15) is 5.11 Å². The monoisotopic (exact) mass is 586 g/mol. The Labute approximate surface area is 251 Å². The Morgan fingerprint density at radius 2 is 1.42 bits per heavy atom. The number of benzene rings is 1. The van der Waals surface area contributed by atoms with Gasteiger partial charge < -0.3 is 20.0 Å².